The molecule has 0 aromatic heterocycles. The molecular formula is C16H13F3N2O2. The topological polar surface area (TPSA) is 72.2 Å². The third kappa shape index (κ3) is 4.57. The molecular weight excluding hydrogens is 309 g/mol. The zero-order valence-corrected chi connectivity index (χ0v) is 11.9. The fourth-order valence-corrected chi connectivity index (χ4v) is 2.00. The molecule has 2 aromatic rings. The number of amides is 2. The number of primary amides is 1. The molecule has 0 saturated heterocycles. The maximum atomic E-state index is 12.6. The van der Waals surface area contributed by atoms with Crippen LogP contribution in [0.1, 0.15) is 21.5 Å². The minimum Gasteiger partial charge on any atom is -0.366 e. The SMILES string of the molecule is NC(=O)c1cccc(NC(=O)Cc2cccc(C(F)(F)F)c2)c1. The molecule has 0 unspecified atom stereocenters. The Morgan fingerprint density at radius 3 is 2.39 bits per heavy atom. The van der Waals surface area contributed by atoms with E-state index in [1.54, 1.807) is 12.1 Å². The highest BCUT2D eigenvalue weighted by molar-refractivity contribution is 5.96. The smallest absolute Gasteiger partial charge is 0.366 e. The molecule has 23 heavy (non-hydrogen) atoms. The Morgan fingerprint density at radius 2 is 1.74 bits per heavy atom. The molecule has 0 aliphatic rings. The zero-order valence-electron chi connectivity index (χ0n) is 11.9. The van der Waals surface area contributed by atoms with Gasteiger partial charge >= 0.3 is 6.18 Å². The van der Waals surface area contributed by atoms with Crippen LogP contribution in [-0.4, -0.2) is 11.8 Å². The molecule has 7 heteroatoms. The van der Waals surface area contributed by atoms with Crippen LogP contribution in [0.5, 0.6) is 0 Å². The molecule has 0 atom stereocenters. The van der Waals surface area contributed by atoms with Crippen molar-refractivity contribution >= 4 is 17.5 Å². The van der Waals surface area contributed by atoms with E-state index < -0.39 is 23.6 Å². The number of alkyl halides is 3. The average molecular weight is 322 g/mol. The van der Waals surface area contributed by atoms with Crippen molar-refractivity contribution < 1.29 is 22.8 Å². The second kappa shape index (κ2) is 6.51. The molecule has 0 radical (unpaired) electrons. The van der Waals surface area contributed by atoms with Crippen LogP contribution in [-0.2, 0) is 17.4 Å². The quantitative estimate of drug-likeness (QED) is 0.908. The van der Waals surface area contributed by atoms with Crippen LogP contribution in [0.15, 0.2) is 48.5 Å². The van der Waals surface area contributed by atoms with Gasteiger partial charge in [0.05, 0.1) is 12.0 Å². The first-order valence-electron chi connectivity index (χ1n) is 6.61. The Bertz CT molecular complexity index is 742. The van der Waals surface area contributed by atoms with Gasteiger partial charge in [-0.25, -0.2) is 0 Å². The van der Waals surface area contributed by atoms with E-state index in [2.05, 4.69) is 5.32 Å². The average Bonchev–Trinajstić information content (AvgIpc) is 2.46. The predicted molar refractivity (Wildman–Crippen MR) is 78.7 cm³/mol. The van der Waals surface area contributed by atoms with Gasteiger partial charge in [0.25, 0.3) is 0 Å². The summed E-state index contributed by atoms with van der Waals surface area (Å²) in [5.74, 6) is -1.13. The number of hydrogen-bond acceptors (Lipinski definition) is 2. The van der Waals surface area contributed by atoms with E-state index in [-0.39, 0.29) is 17.5 Å². The van der Waals surface area contributed by atoms with Crippen molar-refractivity contribution in [3.05, 3.63) is 65.2 Å². The first kappa shape index (κ1) is 16.5. The Balaban J connectivity index is 2.08. The monoisotopic (exact) mass is 322 g/mol. The van der Waals surface area contributed by atoms with Crippen LogP contribution in [0.25, 0.3) is 0 Å². The first-order chi connectivity index (χ1) is 10.8. The minimum atomic E-state index is -4.46. The number of nitrogens with two attached hydrogens (primary N) is 1. The summed E-state index contributed by atoms with van der Waals surface area (Å²) in [6.45, 7) is 0. The molecule has 3 N–H and O–H groups in total. The van der Waals surface area contributed by atoms with Crippen LogP contribution >= 0.6 is 0 Å². The second-order valence-corrected chi connectivity index (χ2v) is 4.87. The van der Waals surface area contributed by atoms with Crippen LogP contribution in [0, 0.1) is 0 Å². The molecule has 0 fully saturated rings. The number of carbonyl (C=O) groups excluding carboxylic acids is 2. The highest BCUT2D eigenvalue weighted by Gasteiger charge is 2.30. The van der Waals surface area contributed by atoms with Crippen molar-refractivity contribution in [3.63, 3.8) is 0 Å². The zero-order chi connectivity index (χ0) is 17.0. The molecule has 0 saturated carbocycles. The third-order valence-corrected chi connectivity index (χ3v) is 3.05. The van der Waals surface area contributed by atoms with Crippen LogP contribution in [0.4, 0.5) is 18.9 Å². The molecule has 0 aliphatic heterocycles. The van der Waals surface area contributed by atoms with Gasteiger partial charge in [0.2, 0.25) is 11.8 Å². The normalized spacial score (nSPS) is 11.1. The van der Waals surface area contributed by atoms with E-state index in [1.807, 2.05) is 0 Å². The number of benzene rings is 2. The number of halogens is 3. The fourth-order valence-electron chi connectivity index (χ4n) is 2.00. The molecule has 0 bridgehead atoms. The maximum absolute atomic E-state index is 12.6. The summed E-state index contributed by atoms with van der Waals surface area (Å²) < 4.78 is 37.9. The maximum Gasteiger partial charge on any atom is 0.416 e. The Labute approximate surface area is 130 Å². The summed E-state index contributed by atoms with van der Waals surface area (Å²) in [7, 11) is 0. The highest BCUT2D eigenvalue weighted by atomic mass is 19.4. The van der Waals surface area contributed by atoms with E-state index in [0.717, 1.165) is 12.1 Å². The summed E-state index contributed by atoms with van der Waals surface area (Å²) in [4.78, 5) is 23.0. The summed E-state index contributed by atoms with van der Waals surface area (Å²) in [6, 6.07) is 10.5. The van der Waals surface area contributed by atoms with Crippen molar-refractivity contribution in [1.82, 2.24) is 0 Å². The Hall–Kier alpha value is -2.83. The Kier molecular flexibility index (Phi) is 4.68. The predicted octanol–water partition coefficient (Wildman–Crippen LogP) is 2.99. The molecule has 2 amide bonds. The van der Waals surface area contributed by atoms with Gasteiger partial charge in [-0.15, -0.1) is 0 Å². The molecule has 0 spiro atoms. The molecule has 2 rings (SSSR count). The van der Waals surface area contributed by atoms with Gasteiger partial charge in [-0.2, -0.15) is 13.2 Å². The van der Waals surface area contributed by atoms with Gasteiger partial charge < -0.3 is 11.1 Å². The third-order valence-electron chi connectivity index (χ3n) is 3.05. The number of carbonyl (C=O) groups is 2. The summed E-state index contributed by atoms with van der Waals surface area (Å²) in [5, 5.41) is 2.52. The molecule has 4 nitrogen and oxygen atoms in total. The highest BCUT2D eigenvalue weighted by Crippen LogP contribution is 2.29. The van der Waals surface area contributed by atoms with Crippen molar-refractivity contribution in [2.45, 2.75) is 12.6 Å². The number of nitrogens with one attached hydrogen (secondary N) is 1. The summed E-state index contributed by atoms with van der Waals surface area (Å²) in [5.41, 5.74) is 5.14. The van der Waals surface area contributed by atoms with Gasteiger partial charge in [-0.1, -0.05) is 24.3 Å². The van der Waals surface area contributed by atoms with Crippen molar-refractivity contribution in [2.75, 3.05) is 5.32 Å². The fraction of sp³-hybridized carbons (Fsp3) is 0.125. The van der Waals surface area contributed by atoms with Crippen molar-refractivity contribution in [2.24, 2.45) is 5.73 Å². The van der Waals surface area contributed by atoms with Crippen LogP contribution in [0.3, 0.4) is 0 Å². The lowest BCUT2D eigenvalue weighted by Gasteiger charge is -2.09. The first-order valence-corrected chi connectivity index (χ1v) is 6.61. The molecule has 0 heterocycles. The lowest BCUT2D eigenvalue weighted by atomic mass is 10.1. The van der Waals surface area contributed by atoms with Crippen molar-refractivity contribution in [3.8, 4) is 0 Å². The lowest BCUT2D eigenvalue weighted by Crippen LogP contribution is -2.16. The van der Waals surface area contributed by atoms with Gasteiger partial charge in [0.15, 0.2) is 0 Å². The summed E-state index contributed by atoms with van der Waals surface area (Å²) >= 11 is 0. The van der Waals surface area contributed by atoms with Crippen LogP contribution in [0.2, 0.25) is 0 Å². The second-order valence-electron chi connectivity index (χ2n) is 4.87. The number of rotatable bonds is 4. The van der Waals surface area contributed by atoms with Gasteiger partial charge in [-0.05, 0) is 29.8 Å². The van der Waals surface area contributed by atoms with Gasteiger partial charge in [-0.3, -0.25) is 9.59 Å². The van der Waals surface area contributed by atoms with Crippen molar-refractivity contribution in [1.29, 1.82) is 0 Å². The standard InChI is InChI=1S/C16H13F3N2O2/c17-16(18,19)12-5-1-3-10(7-12)8-14(22)21-13-6-2-4-11(9-13)15(20)23/h1-7,9H,8H2,(H2,20,23)(H,21,22). The van der Waals surface area contributed by atoms with E-state index in [0.29, 0.717) is 5.69 Å². The largest absolute Gasteiger partial charge is 0.416 e. The molecule has 120 valence electrons. The minimum absolute atomic E-state index is 0.218. The van der Waals surface area contributed by atoms with E-state index in [1.165, 1.54) is 24.3 Å². The lowest BCUT2D eigenvalue weighted by molar-refractivity contribution is -0.137. The Morgan fingerprint density at radius 1 is 1.04 bits per heavy atom. The summed E-state index contributed by atoms with van der Waals surface area (Å²) in [6.07, 6.45) is -4.67. The molecule has 2 aromatic carbocycles. The number of anilines is 1. The van der Waals surface area contributed by atoms with Gasteiger partial charge in [0.1, 0.15) is 0 Å². The van der Waals surface area contributed by atoms with Crippen LogP contribution < -0.4 is 11.1 Å². The van der Waals surface area contributed by atoms with E-state index >= 15 is 0 Å². The van der Waals surface area contributed by atoms with Gasteiger partial charge in [0, 0.05) is 11.3 Å². The number of hydrogen-bond donors (Lipinski definition) is 2. The molecule has 0 aliphatic carbocycles. The van der Waals surface area contributed by atoms with E-state index in [9.17, 15) is 22.8 Å². The van der Waals surface area contributed by atoms with E-state index in [4.69, 9.17) is 5.73 Å².